The standard InChI is InChI=1S/C21H21F3N2O6S/c1-30-20(27)16-4-2-3-15(13-16)14-31-25-17-9-11-26(12-10-17)33(28,29)19-7-5-18(6-8-19)32-21(22,23)24/h2-9,13,25H,10-12,14H2,1H3. The molecule has 33 heavy (non-hydrogen) atoms. The normalized spacial score (nSPS) is 15.0. The zero-order valence-electron chi connectivity index (χ0n) is 17.5. The number of hydrogen-bond donors (Lipinski definition) is 1. The maximum Gasteiger partial charge on any atom is 0.573 e. The lowest BCUT2D eigenvalue weighted by Crippen LogP contribution is -2.36. The number of nitrogens with zero attached hydrogens (tertiary/aromatic N) is 1. The van der Waals surface area contributed by atoms with Gasteiger partial charge >= 0.3 is 12.3 Å². The summed E-state index contributed by atoms with van der Waals surface area (Å²) in [5.74, 6) is -0.954. The average Bonchev–Trinajstić information content (AvgIpc) is 2.78. The van der Waals surface area contributed by atoms with Crippen LogP contribution in [0.1, 0.15) is 22.3 Å². The highest BCUT2D eigenvalue weighted by Crippen LogP contribution is 2.26. The number of benzene rings is 2. The van der Waals surface area contributed by atoms with Gasteiger partial charge in [-0.05, 0) is 48.0 Å². The predicted octanol–water partition coefficient (Wildman–Crippen LogP) is 3.37. The Bertz CT molecular complexity index is 1120. The van der Waals surface area contributed by atoms with Crippen molar-refractivity contribution in [1.82, 2.24) is 9.79 Å². The molecule has 2 aromatic rings. The van der Waals surface area contributed by atoms with Gasteiger partial charge in [0.15, 0.2) is 0 Å². The van der Waals surface area contributed by atoms with Gasteiger partial charge in [0.2, 0.25) is 10.0 Å². The van der Waals surface area contributed by atoms with E-state index in [0.29, 0.717) is 17.7 Å². The van der Waals surface area contributed by atoms with Crippen molar-refractivity contribution in [3.05, 3.63) is 71.4 Å². The highest BCUT2D eigenvalue weighted by atomic mass is 32.2. The Morgan fingerprint density at radius 1 is 1.15 bits per heavy atom. The number of carbonyl (C=O) groups is 1. The van der Waals surface area contributed by atoms with Crippen LogP contribution < -0.4 is 10.2 Å². The lowest BCUT2D eigenvalue weighted by Gasteiger charge is -2.26. The molecule has 0 saturated heterocycles. The first-order valence-electron chi connectivity index (χ1n) is 9.68. The second kappa shape index (κ2) is 10.2. The van der Waals surface area contributed by atoms with Gasteiger partial charge in [0.25, 0.3) is 0 Å². The molecule has 1 heterocycles. The Labute approximate surface area is 188 Å². The Kier molecular flexibility index (Phi) is 7.61. The number of sulfonamides is 1. The van der Waals surface area contributed by atoms with Gasteiger partial charge in [-0.3, -0.25) is 10.3 Å². The molecule has 8 nitrogen and oxygen atoms in total. The largest absolute Gasteiger partial charge is 0.573 e. The van der Waals surface area contributed by atoms with E-state index in [0.717, 1.165) is 29.8 Å². The van der Waals surface area contributed by atoms with E-state index in [1.165, 1.54) is 11.4 Å². The molecule has 0 spiro atoms. The van der Waals surface area contributed by atoms with Crippen LogP contribution in [0.4, 0.5) is 13.2 Å². The van der Waals surface area contributed by atoms with E-state index < -0.39 is 28.1 Å². The second-order valence-electron chi connectivity index (χ2n) is 6.94. The van der Waals surface area contributed by atoms with Crippen LogP contribution in [-0.4, -0.2) is 45.3 Å². The summed E-state index contributed by atoms with van der Waals surface area (Å²) >= 11 is 0. The van der Waals surface area contributed by atoms with Gasteiger partial charge in [-0.15, -0.1) is 13.2 Å². The Morgan fingerprint density at radius 2 is 1.88 bits per heavy atom. The number of carbonyl (C=O) groups excluding carboxylic acids is 1. The summed E-state index contributed by atoms with van der Waals surface area (Å²) < 4.78 is 71.9. The number of hydroxylamine groups is 1. The quantitative estimate of drug-likeness (QED) is 0.452. The summed E-state index contributed by atoms with van der Waals surface area (Å²) in [6.07, 6.45) is -2.86. The monoisotopic (exact) mass is 486 g/mol. The van der Waals surface area contributed by atoms with Gasteiger partial charge in [0.05, 0.1) is 24.2 Å². The molecule has 1 N–H and O–H groups in total. The molecule has 0 fully saturated rings. The molecule has 1 aliphatic heterocycles. The van der Waals surface area contributed by atoms with Gasteiger partial charge in [-0.25, -0.2) is 13.2 Å². The maximum absolute atomic E-state index is 12.7. The highest BCUT2D eigenvalue weighted by molar-refractivity contribution is 7.89. The first kappa shape index (κ1) is 24.6. The molecule has 2 aromatic carbocycles. The van der Waals surface area contributed by atoms with Crippen LogP contribution in [0.2, 0.25) is 0 Å². The lowest BCUT2D eigenvalue weighted by atomic mass is 10.1. The van der Waals surface area contributed by atoms with Crippen LogP contribution in [0.25, 0.3) is 0 Å². The summed E-state index contributed by atoms with van der Waals surface area (Å²) in [5, 5.41) is 0. The minimum absolute atomic E-state index is 0.0622. The first-order chi connectivity index (χ1) is 15.6. The smallest absolute Gasteiger partial charge is 0.465 e. The Balaban J connectivity index is 1.54. The molecule has 0 amide bonds. The van der Waals surface area contributed by atoms with Gasteiger partial charge in [-0.2, -0.15) is 4.31 Å². The summed E-state index contributed by atoms with van der Waals surface area (Å²) in [6, 6.07) is 10.8. The zero-order valence-corrected chi connectivity index (χ0v) is 18.3. The van der Waals surface area contributed by atoms with Gasteiger partial charge in [0.1, 0.15) is 5.75 Å². The number of alkyl halides is 3. The first-order valence-corrected chi connectivity index (χ1v) is 11.1. The molecule has 178 valence electrons. The average molecular weight is 486 g/mol. The molecular weight excluding hydrogens is 465 g/mol. The minimum atomic E-state index is -4.85. The van der Waals surface area contributed by atoms with Crippen LogP contribution >= 0.6 is 0 Å². The summed E-state index contributed by atoms with van der Waals surface area (Å²) in [5.41, 5.74) is 4.59. The van der Waals surface area contributed by atoms with Crippen LogP contribution in [0.3, 0.4) is 0 Å². The zero-order chi connectivity index (χ0) is 24.1. The Hall–Kier alpha value is -3.09. The third-order valence-electron chi connectivity index (χ3n) is 4.66. The number of hydrogen-bond acceptors (Lipinski definition) is 7. The van der Waals surface area contributed by atoms with Crippen LogP contribution in [0, 0.1) is 0 Å². The fourth-order valence-electron chi connectivity index (χ4n) is 3.04. The maximum atomic E-state index is 12.7. The van der Waals surface area contributed by atoms with Crippen LogP contribution in [0.15, 0.2) is 65.2 Å². The third-order valence-corrected chi connectivity index (χ3v) is 6.54. The van der Waals surface area contributed by atoms with Crippen molar-refractivity contribution in [2.45, 2.75) is 24.3 Å². The van der Waals surface area contributed by atoms with E-state index in [1.807, 2.05) is 0 Å². The van der Waals surface area contributed by atoms with Crippen molar-refractivity contribution in [1.29, 1.82) is 0 Å². The summed E-state index contributed by atoms with van der Waals surface area (Å²) in [6.45, 7) is 0.381. The van der Waals surface area contributed by atoms with E-state index >= 15 is 0 Å². The molecular formula is C21H21F3N2O6S. The van der Waals surface area contributed by atoms with E-state index in [-0.39, 0.29) is 24.6 Å². The van der Waals surface area contributed by atoms with E-state index in [1.54, 1.807) is 30.3 Å². The summed E-state index contributed by atoms with van der Waals surface area (Å²) in [7, 11) is -2.59. The number of esters is 1. The number of halogens is 3. The molecule has 1 aliphatic rings. The SMILES string of the molecule is COC(=O)c1cccc(CONC2=CCN(S(=O)(=O)c3ccc(OC(F)(F)F)cc3)CC2)c1. The van der Waals surface area contributed by atoms with Crippen LogP contribution in [-0.2, 0) is 26.2 Å². The number of rotatable bonds is 8. The molecule has 3 rings (SSSR count). The van der Waals surface area contributed by atoms with Crippen molar-refractivity contribution in [2.24, 2.45) is 0 Å². The van der Waals surface area contributed by atoms with Gasteiger partial charge in [-0.1, -0.05) is 12.1 Å². The van der Waals surface area contributed by atoms with E-state index in [2.05, 4.69) is 15.0 Å². The summed E-state index contributed by atoms with van der Waals surface area (Å²) in [4.78, 5) is 16.9. The van der Waals surface area contributed by atoms with Gasteiger partial charge in [0, 0.05) is 25.2 Å². The lowest BCUT2D eigenvalue weighted by molar-refractivity contribution is -0.274. The van der Waals surface area contributed by atoms with Crippen LogP contribution in [0.5, 0.6) is 5.75 Å². The van der Waals surface area contributed by atoms with Gasteiger partial charge < -0.3 is 9.47 Å². The third kappa shape index (κ3) is 6.70. The molecule has 0 radical (unpaired) electrons. The molecule has 0 saturated carbocycles. The molecule has 0 bridgehead atoms. The predicted molar refractivity (Wildman–Crippen MR) is 110 cm³/mol. The van der Waals surface area contributed by atoms with E-state index in [4.69, 9.17) is 4.84 Å². The molecule has 0 atom stereocenters. The second-order valence-corrected chi connectivity index (χ2v) is 8.88. The van der Waals surface area contributed by atoms with E-state index in [9.17, 15) is 26.4 Å². The molecule has 0 unspecified atom stereocenters. The van der Waals surface area contributed by atoms with Crippen molar-refractivity contribution >= 4 is 16.0 Å². The molecule has 0 aliphatic carbocycles. The van der Waals surface area contributed by atoms with Crippen molar-refractivity contribution in [3.63, 3.8) is 0 Å². The fraction of sp³-hybridized carbons (Fsp3) is 0.286. The molecule has 12 heteroatoms. The number of nitrogens with one attached hydrogen (secondary N) is 1. The highest BCUT2D eigenvalue weighted by Gasteiger charge is 2.31. The molecule has 0 aromatic heterocycles. The minimum Gasteiger partial charge on any atom is -0.465 e. The number of methoxy groups -OCH3 is 1. The Morgan fingerprint density at radius 3 is 2.48 bits per heavy atom. The van der Waals surface area contributed by atoms with Crippen molar-refractivity contribution in [2.75, 3.05) is 20.2 Å². The van der Waals surface area contributed by atoms with Crippen molar-refractivity contribution < 1.29 is 40.7 Å². The topological polar surface area (TPSA) is 94.2 Å². The fourth-order valence-corrected chi connectivity index (χ4v) is 4.42. The number of ether oxygens (including phenoxy) is 2. The van der Waals surface area contributed by atoms with Crippen molar-refractivity contribution in [3.8, 4) is 5.75 Å².